The fraction of sp³-hybridized carbons (Fsp3) is 0.250. The van der Waals surface area contributed by atoms with Crippen molar-refractivity contribution in [2.24, 2.45) is 0 Å². The lowest BCUT2D eigenvalue weighted by Crippen LogP contribution is -2.26. The summed E-state index contributed by atoms with van der Waals surface area (Å²) < 4.78 is 0.846. The van der Waals surface area contributed by atoms with E-state index < -0.39 is 0 Å². The molecule has 0 fully saturated rings. The summed E-state index contributed by atoms with van der Waals surface area (Å²) in [7, 11) is 1.59. The first-order chi connectivity index (χ1) is 6.24. The quantitative estimate of drug-likeness (QED) is 0.834. The molecule has 0 aliphatic carbocycles. The molecule has 0 spiro atoms. The number of aromatic nitrogens is 1. The van der Waals surface area contributed by atoms with Gasteiger partial charge in [-0.15, -0.1) is 0 Å². The molecule has 0 bridgehead atoms. The second kappa shape index (κ2) is 4.81. The molecule has 2 N–H and O–H groups in total. The Bertz CT molecular complexity index is 303. The fourth-order valence-corrected chi connectivity index (χ4v) is 1.16. The third-order valence-corrected chi connectivity index (χ3v) is 2.09. The van der Waals surface area contributed by atoms with Crippen molar-refractivity contribution in [1.82, 2.24) is 10.3 Å². The Morgan fingerprint density at radius 3 is 3.08 bits per heavy atom. The molecule has 0 aliphatic heterocycles. The maximum atomic E-state index is 10.9. The number of hydrogen-bond acceptors (Lipinski definition) is 3. The van der Waals surface area contributed by atoms with E-state index in [9.17, 15) is 4.79 Å². The summed E-state index contributed by atoms with van der Waals surface area (Å²) in [4.78, 5) is 14.9. The van der Waals surface area contributed by atoms with Crippen LogP contribution in [0.4, 0.5) is 5.82 Å². The van der Waals surface area contributed by atoms with E-state index in [0.29, 0.717) is 5.82 Å². The number of hydrogen-bond donors (Lipinski definition) is 2. The first kappa shape index (κ1) is 9.98. The van der Waals surface area contributed by atoms with Gasteiger partial charge >= 0.3 is 0 Å². The van der Waals surface area contributed by atoms with E-state index in [4.69, 9.17) is 0 Å². The van der Waals surface area contributed by atoms with Crippen LogP contribution in [0.5, 0.6) is 0 Å². The zero-order valence-electron chi connectivity index (χ0n) is 7.17. The SMILES string of the molecule is CNC(=O)CNc1ncccc1Br. The number of amides is 1. The third kappa shape index (κ3) is 3.02. The summed E-state index contributed by atoms with van der Waals surface area (Å²) in [5.41, 5.74) is 0. The lowest BCUT2D eigenvalue weighted by molar-refractivity contribution is -0.118. The first-order valence-corrected chi connectivity index (χ1v) is 4.58. The van der Waals surface area contributed by atoms with E-state index in [1.165, 1.54) is 0 Å². The van der Waals surface area contributed by atoms with Crippen molar-refractivity contribution in [1.29, 1.82) is 0 Å². The molecule has 1 aromatic rings. The molecule has 70 valence electrons. The number of halogens is 1. The number of carbonyl (C=O) groups excluding carboxylic acids is 1. The highest BCUT2D eigenvalue weighted by atomic mass is 79.9. The molecule has 13 heavy (non-hydrogen) atoms. The minimum absolute atomic E-state index is 0.0717. The average Bonchev–Trinajstić information content (AvgIpc) is 2.16. The van der Waals surface area contributed by atoms with Gasteiger partial charge in [-0.05, 0) is 28.1 Å². The summed E-state index contributed by atoms with van der Waals surface area (Å²) >= 11 is 3.31. The molecule has 0 saturated carbocycles. The van der Waals surface area contributed by atoms with Crippen LogP contribution in [0.25, 0.3) is 0 Å². The maximum Gasteiger partial charge on any atom is 0.239 e. The van der Waals surface area contributed by atoms with Crippen LogP contribution in [0.2, 0.25) is 0 Å². The molecule has 1 heterocycles. The highest BCUT2D eigenvalue weighted by molar-refractivity contribution is 9.10. The Morgan fingerprint density at radius 1 is 1.69 bits per heavy atom. The van der Waals surface area contributed by atoms with Gasteiger partial charge in [0.25, 0.3) is 0 Å². The Balaban J connectivity index is 2.54. The molecule has 0 unspecified atom stereocenters. The molecule has 4 nitrogen and oxygen atoms in total. The number of anilines is 1. The van der Waals surface area contributed by atoms with Crippen molar-refractivity contribution in [3.63, 3.8) is 0 Å². The molecular formula is C8H10BrN3O. The second-order valence-electron chi connectivity index (χ2n) is 2.36. The number of carbonyl (C=O) groups is 1. The molecule has 0 aliphatic rings. The van der Waals surface area contributed by atoms with E-state index in [0.717, 1.165) is 4.47 Å². The topological polar surface area (TPSA) is 54.0 Å². The Labute approximate surface area is 84.9 Å². The monoisotopic (exact) mass is 243 g/mol. The minimum atomic E-state index is -0.0717. The summed E-state index contributed by atoms with van der Waals surface area (Å²) in [6.07, 6.45) is 1.66. The number of pyridine rings is 1. The van der Waals surface area contributed by atoms with Gasteiger partial charge in [-0.3, -0.25) is 4.79 Å². The summed E-state index contributed by atoms with van der Waals surface area (Å²) in [6.45, 7) is 0.228. The van der Waals surface area contributed by atoms with Crippen LogP contribution in [0.3, 0.4) is 0 Å². The zero-order chi connectivity index (χ0) is 9.68. The van der Waals surface area contributed by atoms with Crippen molar-refractivity contribution in [3.8, 4) is 0 Å². The molecule has 5 heteroatoms. The Morgan fingerprint density at radius 2 is 2.46 bits per heavy atom. The summed E-state index contributed by atoms with van der Waals surface area (Å²) in [5.74, 6) is 0.601. The van der Waals surface area contributed by atoms with Crippen LogP contribution < -0.4 is 10.6 Å². The number of rotatable bonds is 3. The van der Waals surface area contributed by atoms with Crippen molar-refractivity contribution in [3.05, 3.63) is 22.8 Å². The van der Waals surface area contributed by atoms with Crippen LogP contribution in [0, 0.1) is 0 Å². The highest BCUT2D eigenvalue weighted by Gasteiger charge is 2.01. The van der Waals surface area contributed by atoms with Crippen LogP contribution in [0.15, 0.2) is 22.8 Å². The minimum Gasteiger partial charge on any atom is -0.360 e. The van der Waals surface area contributed by atoms with Crippen LogP contribution in [-0.2, 0) is 4.79 Å². The fourth-order valence-electron chi connectivity index (χ4n) is 0.768. The maximum absolute atomic E-state index is 10.9. The van der Waals surface area contributed by atoms with Crippen molar-refractivity contribution >= 4 is 27.7 Å². The van der Waals surface area contributed by atoms with E-state index >= 15 is 0 Å². The van der Waals surface area contributed by atoms with Gasteiger partial charge in [-0.25, -0.2) is 4.98 Å². The van der Waals surface area contributed by atoms with Crippen molar-refractivity contribution in [2.75, 3.05) is 18.9 Å². The Hall–Kier alpha value is -1.10. The smallest absolute Gasteiger partial charge is 0.239 e. The third-order valence-electron chi connectivity index (χ3n) is 1.45. The molecule has 0 saturated heterocycles. The van der Waals surface area contributed by atoms with Gasteiger partial charge < -0.3 is 10.6 Å². The summed E-state index contributed by atoms with van der Waals surface area (Å²) in [6, 6.07) is 3.67. The lowest BCUT2D eigenvalue weighted by atomic mass is 10.4. The van der Waals surface area contributed by atoms with Crippen LogP contribution >= 0.6 is 15.9 Å². The normalized spacial score (nSPS) is 9.38. The van der Waals surface area contributed by atoms with Crippen molar-refractivity contribution in [2.45, 2.75) is 0 Å². The number of likely N-dealkylation sites (N-methyl/N-ethyl adjacent to an activating group) is 1. The van der Waals surface area contributed by atoms with Gasteiger partial charge in [-0.2, -0.15) is 0 Å². The van der Waals surface area contributed by atoms with Crippen LogP contribution in [0.1, 0.15) is 0 Å². The predicted octanol–water partition coefficient (Wildman–Crippen LogP) is 1.00. The predicted molar refractivity (Wildman–Crippen MR) is 54.5 cm³/mol. The van der Waals surface area contributed by atoms with Gasteiger partial charge in [0.1, 0.15) is 5.82 Å². The molecule has 1 aromatic heterocycles. The van der Waals surface area contributed by atoms with Gasteiger partial charge in [0, 0.05) is 13.2 Å². The molecule has 1 amide bonds. The van der Waals surface area contributed by atoms with Crippen LogP contribution in [-0.4, -0.2) is 24.5 Å². The highest BCUT2D eigenvalue weighted by Crippen LogP contribution is 2.17. The second-order valence-corrected chi connectivity index (χ2v) is 3.21. The van der Waals surface area contributed by atoms with Crippen molar-refractivity contribution < 1.29 is 4.79 Å². The van der Waals surface area contributed by atoms with Gasteiger partial charge in [0.05, 0.1) is 11.0 Å². The molecule has 0 aromatic carbocycles. The van der Waals surface area contributed by atoms with Gasteiger partial charge in [0.15, 0.2) is 0 Å². The number of nitrogens with zero attached hydrogens (tertiary/aromatic N) is 1. The standard InChI is InChI=1S/C8H10BrN3O/c1-10-7(13)5-12-8-6(9)3-2-4-11-8/h2-4H,5H2,1H3,(H,10,13)(H,11,12). The molecular weight excluding hydrogens is 234 g/mol. The number of nitrogens with one attached hydrogen (secondary N) is 2. The lowest BCUT2D eigenvalue weighted by Gasteiger charge is -2.05. The largest absolute Gasteiger partial charge is 0.360 e. The van der Waals surface area contributed by atoms with Gasteiger partial charge in [-0.1, -0.05) is 0 Å². The summed E-state index contributed by atoms with van der Waals surface area (Å²) in [5, 5.41) is 5.40. The molecule has 0 radical (unpaired) electrons. The zero-order valence-corrected chi connectivity index (χ0v) is 8.76. The first-order valence-electron chi connectivity index (χ1n) is 3.79. The van der Waals surface area contributed by atoms with E-state index in [1.54, 1.807) is 13.2 Å². The van der Waals surface area contributed by atoms with Gasteiger partial charge in [0.2, 0.25) is 5.91 Å². The van der Waals surface area contributed by atoms with E-state index in [2.05, 4.69) is 31.5 Å². The molecule has 0 atom stereocenters. The Kier molecular flexibility index (Phi) is 3.70. The van der Waals surface area contributed by atoms with E-state index in [1.807, 2.05) is 12.1 Å². The molecule has 1 rings (SSSR count). The van der Waals surface area contributed by atoms with E-state index in [-0.39, 0.29) is 12.5 Å². The average molecular weight is 244 g/mol.